The first kappa shape index (κ1) is 23.1. The van der Waals surface area contributed by atoms with Gasteiger partial charge in [0.1, 0.15) is 0 Å². The molecule has 2 atom stereocenters. The molecule has 0 aromatic rings. The topological polar surface area (TPSA) is 16.2 Å². The molecule has 2 fully saturated rings. The molecule has 0 N–H and O–H groups in total. The van der Waals surface area contributed by atoms with Gasteiger partial charge in [-0.15, -0.1) is 0 Å². The Morgan fingerprint density at radius 2 is 0.923 bits per heavy atom. The number of fused-ring (bicyclic) bond motifs is 3. The van der Waals surface area contributed by atoms with Gasteiger partial charge in [-0.25, -0.2) is 0 Å². The highest BCUT2D eigenvalue weighted by Gasteiger charge is 2.20. The summed E-state index contributed by atoms with van der Waals surface area (Å²) in [5.74, 6) is 2.82. The zero-order chi connectivity index (χ0) is 18.6. The summed E-state index contributed by atoms with van der Waals surface area (Å²) < 4.78 is 0. The molecule has 26 heavy (non-hydrogen) atoms. The molecule has 0 spiro atoms. The number of hydrogen-bond acceptors (Lipinski definition) is 8. The summed E-state index contributed by atoms with van der Waals surface area (Å²) in [7, 11) is 0. The summed E-state index contributed by atoms with van der Waals surface area (Å²) in [6, 6.07) is 0. The van der Waals surface area contributed by atoms with E-state index < -0.39 is 0 Å². The van der Waals surface area contributed by atoms with E-state index in [9.17, 15) is 0 Å². The highest BCUT2D eigenvalue weighted by atomic mass is 32.1. The predicted octanol–water partition coefficient (Wildman–Crippen LogP) is 0.313. The third kappa shape index (κ3) is 8.90. The zero-order valence-electron chi connectivity index (χ0n) is 16.3. The van der Waals surface area contributed by atoms with Crippen LogP contribution in [0.1, 0.15) is 0 Å². The van der Waals surface area contributed by atoms with Crippen molar-refractivity contribution in [1.29, 1.82) is 0 Å². The number of nitrogens with zero attached hydrogens (tertiary/aromatic N) is 5. The molecule has 0 radical (unpaired) electrons. The SMILES string of the molecule is SCCN(CCS)CCN1CCN2CCN(CCS)CCN(CC1)CC2. The molecule has 5 nitrogen and oxygen atoms in total. The highest BCUT2D eigenvalue weighted by Crippen LogP contribution is 2.05. The Labute approximate surface area is 177 Å². The largest absolute Gasteiger partial charge is 0.300 e. The molecule has 0 amide bonds. The van der Waals surface area contributed by atoms with E-state index in [1.807, 2.05) is 0 Å². The minimum atomic E-state index is 0.929. The van der Waals surface area contributed by atoms with Gasteiger partial charge in [-0.1, -0.05) is 0 Å². The average molecular weight is 422 g/mol. The molecule has 2 aliphatic heterocycles. The molecule has 2 saturated heterocycles. The Kier molecular flexibility index (Phi) is 12.4. The molecule has 2 rings (SSSR count). The van der Waals surface area contributed by atoms with Crippen LogP contribution >= 0.6 is 37.9 Å². The molecule has 154 valence electrons. The normalized spacial score (nSPS) is 26.8. The fraction of sp³-hybridized carbons (Fsp3) is 1.00. The summed E-state index contributed by atoms with van der Waals surface area (Å²) >= 11 is 13.2. The number of thiol groups is 3. The van der Waals surface area contributed by atoms with Crippen molar-refractivity contribution in [2.24, 2.45) is 0 Å². The van der Waals surface area contributed by atoms with Gasteiger partial charge in [-0.05, 0) is 0 Å². The van der Waals surface area contributed by atoms with Gasteiger partial charge >= 0.3 is 0 Å². The molecule has 0 aromatic heterocycles. The average Bonchev–Trinajstić information content (AvgIpc) is 2.79. The van der Waals surface area contributed by atoms with E-state index >= 15 is 0 Å². The second-order valence-electron chi connectivity index (χ2n) is 7.38. The van der Waals surface area contributed by atoms with Crippen LogP contribution in [0.25, 0.3) is 0 Å². The van der Waals surface area contributed by atoms with E-state index in [1.54, 1.807) is 0 Å². The van der Waals surface area contributed by atoms with Crippen LogP contribution in [0.5, 0.6) is 0 Å². The summed E-state index contributed by atoms with van der Waals surface area (Å²) in [5, 5.41) is 0. The van der Waals surface area contributed by atoms with E-state index in [0.717, 1.165) is 50.0 Å². The number of hydrogen-bond donors (Lipinski definition) is 3. The van der Waals surface area contributed by atoms with Crippen molar-refractivity contribution >= 4 is 37.9 Å². The fourth-order valence-electron chi connectivity index (χ4n) is 3.80. The smallest absolute Gasteiger partial charge is 0.0110 e. The molecule has 2 bridgehead atoms. The first-order valence-electron chi connectivity index (χ1n) is 10.2. The quantitative estimate of drug-likeness (QED) is 0.464. The van der Waals surface area contributed by atoms with Gasteiger partial charge in [0, 0.05) is 115 Å². The van der Waals surface area contributed by atoms with Crippen LogP contribution in [0.4, 0.5) is 0 Å². The molecule has 2 heterocycles. The van der Waals surface area contributed by atoms with Crippen molar-refractivity contribution < 1.29 is 0 Å². The summed E-state index contributed by atoms with van der Waals surface area (Å²) in [6.07, 6.45) is 0. The number of rotatable bonds is 9. The second-order valence-corrected chi connectivity index (χ2v) is 8.72. The van der Waals surface area contributed by atoms with E-state index in [4.69, 9.17) is 0 Å². The van der Waals surface area contributed by atoms with Crippen LogP contribution in [0, 0.1) is 0 Å². The highest BCUT2D eigenvalue weighted by molar-refractivity contribution is 7.80. The Bertz CT molecular complexity index is 338. The Balaban J connectivity index is 1.86. The fourth-order valence-corrected chi connectivity index (χ4v) is 4.65. The van der Waals surface area contributed by atoms with Gasteiger partial charge in [-0.2, -0.15) is 37.9 Å². The lowest BCUT2D eigenvalue weighted by molar-refractivity contribution is 0.165. The molecule has 0 saturated carbocycles. The maximum Gasteiger partial charge on any atom is 0.0110 e. The van der Waals surface area contributed by atoms with E-state index in [-0.39, 0.29) is 0 Å². The first-order valence-corrected chi connectivity index (χ1v) is 12.1. The maximum atomic E-state index is 4.43. The van der Waals surface area contributed by atoms with Crippen molar-refractivity contribution in [1.82, 2.24) is 24.5 Å². The summed E-state index contributed by atoms with van der Waals surface area (Å²) in [6.45, 7) is 17.5. The van der Waals surface area contributed by atoms with Crippen molar-refractivity contribution in [2.45, 2.75) is 0 Å². The Hall–Kier alpha value is 0.850. The monoisotopic (exact) mass is 421 g/mol. The predicted molar refractivity (Wildman–Crippen MR) is 124 cm³/mol. The van der Waals surface area contributed by atoms with Gasteiger partial charge < -0.3 is 4.90 Å². The summed E-state index contributed by atoms with van der Waals surface area (Å²) in [4.78, 5) is 13.1. The minimum Gasteiger partial charge on any atom is -0.300 e. The van der Waals surface area contributed by atoms with Crippen molar-refractivity contribution in [2.75, 3.05) is 115 Å². The van der Waals surface area contributed by atoms with Crippen LogP contribution in [0.3, 0.4) is 0 Å². The lowest BCUT2D eigenvalue weighted by Crippen LogP contribution is -2.44. The van der Waals surface area contributed by atoms with Crippen molar-refractivity contribution in [3.8, 4) is 0 Å². The van der Waals surface area contributed by atoms with Crippen molar-refractivity contribution in [3.63, 3.8) is 0 Å². The molecule has 0 aliphatic carbocycles. The zero-order valence-corrected chi connectivity index (χ0v) is 19.0. The lowest BCUT2D eigenvalue weighted by Gasteiger charge is -2.31. The lowest BCUT2D eigenvalue weighted by atomic mass is 10.3. The molecular weight excluding hydrogens is 382 g/mol. The first-order chi connectivity index (χ1) is 12.7. The van der Waals surface area contributed by atoms with Gasteiger partial charge in [0.2, 0.25) is 0 Å². The van der Waals surface area contributed by atoms with Crippen LogP contribution in [0.2, 0.25) is 0 Å². The van der Waals surface area contributed by atoms with E-state index in [2.05, 4.69) is 62.4 Å². The Morgan fingerprint density at radius 3 is 1.35 bits per heavy atom. The van der Waals surface area contributed by atoms with Gasteiger partial charge in [0.25, 0.3) is 0 Å². The third-order valence-corrected chi connectivity index (χ3v) is 6.24. The van der Waals surface area contributed by atoms with Crippen molar-refractivity contribution in [3.05, 3.63) is 0 Å². The van der Waals surface area contributed by atoms with Gasteiger partial charge in [-0.3, -0.25) is 19.6 Å². The molecular formula is C18H39N5S3. The Morgan fingerprint density at radius 1 is 0.500 bits per heavy atom. The van der Waals surface area contributed by atoms with Crippen LogP contribution in [-0.2, 0) is 0 Å². The maximum absolute atomic E-state index is 4.43. The third-order valence-electron chi connectivity index (χ3n) is 5.64. The van der Waals surface area contributed by atoms with E-state index in [1.165, 1.54) is 65.4 Å². The summed E-state index contributed by atoms with van der Waals surface area (Å²) in [5.41, 5.74) is 0. The van der Waals surface area contributed by atoms with Gasteiger partial charge in [0.05, 0.1) is 0 Å². The van der Waals surface area contributed by atoms with Gasteiger partial charge in [0.15, 0.2) is 0 Å². The standard InChI is InChI=1S/C18H39N5S3/c24-16-13-22-10-7-19-1-2-20(8-11-22)4-6-21(5-3-19)9-12-23(14-17-25)15-18-26/h24-26H,1-18H2. The molecule has 8 heteroatoms. The van der Waals surface area contributed by atoms with Crippen LogP contribution in [-0.4, -0.2) is 140 Å². The van der Waals surface area contributed by atoms with Crippen LogP contribution < -0.4 is 0 Å². The molecule has 2 aliphatic rings. The molecule has 0 aromatic carbocycles. The second kappa shape index (κ2) is 13.9. The minimum absolute atomic E-state index is 0.929. The van der Waals surface area contributed by atoms with Crippen LogP contribution in [0.15, 0.2) is 0 Å². The molecule has 2 unspecified atom stereocenters. The van der Waals surface area contributed by atoms with E-state index in [0.29, 0.717) is 0 Å².